The van der Waals surface area contributed by atoms with Crippen molar-refractivity contribution in [2.75, 3.05) is 13.1 Å². The van der Waals surface area contributed by atoms with Crippen LogP contribution in [-0.4, -0.2) is 60.0 Å². The SMILES string of the molecule is O=C(O)CNC(=O)[C@@H]1C[C@@H](O)CN1S(=O)(=O)c1ccc(F)cc1. The van der Waals surface area contributed by atoms with E-state index in [4.69, 9.17) is 5.11 Å². The van der Waals surface area contributed by atoms with Crippen LogP contribution in [0.3, 0.4) is 0 Å². The second-order valence-electron chi connectivity index (χ2n) is 5.05. The lowest BCUT2D eigenvalue weighted by atomic mass is 10.2. The Morgan fingerprint density at radius 1 is 1.30 bits per heavy atom. The van der Waals surface area contributed by atoms with Crippen molar-refractivity contribution < 1.29 is 32.6 Å². The first-order valence-corrected chi connectivity index (χ1v) is 8.11. The number of carboxylic acids is 1. The van der Waals surface area contributed by atoms with Gasteiger partial charge in [-0.3, -0.25) is 9.59 Å². The third-order valence-electron chi connectivity index (χ3n) is 3.37. The standard InChI is InChI=1S/C13H15FN2O6S/c14-8-1-3-10(4-2-8)23(21,22)16-7-9(17)5-11(16)13(20)15-6-12(18)19/h1-4,9,11,17H,5-7H2,(H,15,20)(H,18,19)/t9-,11+/m1/s1. The smallest absolute Gasteiger partial charge is 0.322 e. The van der Waals surface area contributed by atoms with Gasteiger partial charge in [-0.1, -0.05) is 0 Å². The van der Waals surface area contributed by atoms with Crippen molar-refractivity contribution >= 4 is 21.9 Å². The van der Waals surface area contributed by atoms with Crippen LogP contribution in [-0.2, 0) is 19.6 Å². The number of amides is 1. The number of hydrogen-bond donors (Lipinski definition) is 3. The molecule has 1 saturated heterocycles. The number of halogens is 1. The molecule has 0 unspecified atom stereocenters. The summed E-state index contributed by atoms with van der Waals surface area (Å²) in [6.07, 6.45) is -1.20. The molecule has 126 valence electrons. The number of carboxylic acid groups (broad SMARTS) is 1. The van der Waals surface area contributed by atoms with Gasteiger partial charge in [0.05, 0.1) is 11.0 Å². The number of benzene rings is 1. The minimum atomic E-state index is -4.12. The van der Waals surface area contributed by atoms with Gasteiger partial charge in [0.1, 0.15) is 18.4 Å². The maximum absolute atomic E-state index is 12.9. The molecule has 23 heavy (non-hydrogen) atoms. The molecule has 0 spiro atoms. The molecule has 10 heteroatoms. The van der Waals surface area contributed by atoms with Crippen LogP contribution < -0.4 is 5.32 Å². The van der Waals surface area contributed by atoms with E-state index in [9.17, 15) is 27.5 Å². The Bertz CT molecular complexity index is 706. The Hall–Kier alpha value is -2.04. The lowest BCUT2D eigenvalue weighted by molar-refractivity contribution is -0.138. The van der Waals surface area contributed by atoms with Crippen LogP contribution >= 0.6 is 0 Å². The van der Waals surface area contributed by atoms with Gasteiger partial charge in [0, 0.05) is 13.0 Å². The Morgan fingerprint density at radius 2 is 1.91 bits per heavy atom. The molecular formula is C13H15FN2O6S. The fraction of sp³-hybridized carbons (Fsp3) is 0.385. The fourth-order valence-electron chi connectivity index (χ4n) is 2.31. The number of hydrogen-bond acceptors (Lipinski definition) is 5. The van der Waals surface area contributed by atoms with Gasteiger partial charge in [-0.2, -0.15) is 4.31 Å². The summed E-state index contributed by atoms with van der Waals surface area (Å²) in [5, 5.41) is 20.3. The molecule has 1 aliphatic heterocycles. The molecule has 1 amide bonds. The van der Waals surface area contributed by atoms with E-state index in [1.165, 1.54) is 0 Å². The zero-order valence-electron chi connectivity index (χ0n) is 11.8. The fourth-order valence-corrected chi connectivity index (χ4v) is 3.95. The van der Waals surface area contributed by atoms with Crippen LogP contribution in [0.15, 0.2) is 29.2 Å². The molecule has 2 rings (SSSR count). The first-order chi connectivity index (χ1) is 10.7. The maximum atomic E-state index is 12.9. The van der Waals surface area contributed by atoms with Gasteiger partial charge < -0.3 is 15.5 Å². The number of carbonyl (C=O) groups excluding carboxylic acids is 1. The van der Waals surface area contributed by atoms with Crippen LogP contribution in [0.2, 0.25) is 0 Å². The molecule has 0 bridgehead atoms. The molecule has 0 aliphatic carbocycles. The Labute approximate surface area is 131 Å². The van der Waals surface area contributed by atoms with E-state index < -0.39 is 46.4 Å². The summed E-state index contributed by atoms with van der Waals surface area (Å²) in [4.78, 5) is 22.3. The molecule has 0 radical (unpaired) electrons. The lowest BCUT2D eigenvalue weighted by Gasteiger charge is -2.22. The van der Waals surface area contributed by atoms with Crippen LogP contribution in [0.1, 0.15) is 6.42 Å². The van der Waals surface area contributed by atoms with E-state index >= 15 is 0 Å². The molecule has 1 aromatic rings. The minimum absolute atomic E-state index is 0.147. The number of nitrogens with zero attached hydrogens (tertiary/aromatic N) is 1. The highest BCUT2D eigenvalue weighted by Gasteiger charge is 2.43. The van der Waals surface area contributed by atoms with E-state index in [0.29, 0.717) is 0 Å². The van der Waals surface area contributed by atoms with E-state index in [2.05, 4.69) is 5.32 Å². The second kappa shape index (κ2) is 6.60. The number of nitrogens with one attached hydrogen (secondary N) is 1. The highest BCUT2D eigenvalue weighted by molar-refractivity contribution is 7.89. The number of β-amino-alcohol motifs (C(OH)–C–C–N with tert-alkyl or cyclic N) is 1. The molecule has 1 aromatic carbocycles. The quantitative estimate of drug-likeness (QED) is 0.638. The van der Waals surface area contributed by atoms with Crippen LogP contribution in [0.5, 0.6) is 0 Å². The van der Waals surface area contributed by atoms with Gasteiger partial charge in [-0.15, -0.1) is 0 Å². The molecule has 1 fully saturated rings. The molecule has 2 atom stereocenters. The molecule has 0 saturated carbocycles. The second-order valence-corrected chi connectivity index (χ2v) is 6.94. The van der Waals surface area contributed by atoms with Crippen molar-refractivity contribution in [3.8, 4) is 0 Å². The summed E-state index contributed by atoms with van der Waals surface area (Å²) in [5.41, 5.74) is 0. The van der Waals surface area contributed by atoms with Gasteiger partial charge >= 0.3 is 5.97 Å². The van der Waals surface area contributed by atoms with Crippen LogP contribution in [0.4, 0.5) is 4.39 Å². The number of aliphatic hydroxyl groups excluding tert-OH is 1. The van der Waals surface area contributed by atoms with Gasteiger partial charge in [-0.25, -0.2) is 12.8 Å². The number of aliphatic carboxylic acids is 1. The molecule has 1 aliphatic rings. The van der Waals surface area contributed by atoms with Crippen molar-refractivity contribution in [2.45, 2.75) is 23.5 Å². The van der Waals surface area contributed by atoms with E-state index in [1.54, 1.807) is 0 Å². The van der Waals surface area contributed by atoms with Gasteiger partial charge in [0.25, 0.3) is 0 Å². The Balaban J connectivity index is 2.25. The predicted octanol–water partition coefficient (Wildman–Crippen LogP) is -0.850. The van der Waals surface area contributed by atoms with Crippen LogP contribution in [0.25, 0.3) is 0 Å². The first-order valence-electron chi connectivity index (χ1n) is 6.67. The zero-order chi connectivity index (χ0) is 17.2. The summed E-state index contributed by atoms with van der Waals surface area (Å²) in [7, 11) is -4.12. The number of carbonyl (C=O) groups is 2. The highest BCUT2D eigenvalue weighted by Crippen LogP contribution is 2.26. The summed E-state index contributed by atoms with van der Waals surface area (Å²) in [6.45, 7) is -0.958. The average Bonchev–Trinajstić information content (AvgIpc) is 2.88. The number of rotatable bonds is 5. The van der Waals surface area contributed by atoms with E-state index in [-0.39, 0.29) is 17.9 Å². The Kier molecular flexibility index (Phi) is 4.97. The van der Waals surface area contributed by atoms with Crippen molar-refractivity contribution in [1.29, 1.82) is 0 Å². The average molecular weight is 346 g/mol. The number of aliphatic hydroxyl groups is 1. The number of sulfonamides is 1. The predicted molar refractivity (Wildman–Crippen MR) is 75.3 cm³/mol. The summed E-state index contributed by atoms with van der Waals surface area (Å²) >= 11 is 0. The molecular weight excluding hydrogens is 331 g/mol. The third-order valence-corrected chi connectivity index (χ3v) is 5.26. The van der Waals surface area contributed by atoms with Crippen molar-refractivity contribution in [1.82, 2.24) is 9.62 Å². The zero-order valence-corrected chi connectivity index (χ0v) is 12.7. The largest absolute Gasteiger partial charge is 0.480 e. The molecule has 1 heterocycles. The molecule has 8 nitrogen and oxygen atoms in total. The van der Waals surface area contributed by atoms with Gasteiger partial charge in [0.2, 0.25) is 15.9 Å². The van der Waals surface area contributed by atoms with Crippen molar-refractivity contribution in [3.63, 3.8) is 0 Å². The van der Waals surface area contributed by atoms with E-state index in [1.807, 2.05) is 0 Å². The van der Waals surface area contributed by atoms with E-state index in [0.717, 1.165) is 28.6 Å². The van der Waals surface area contributed by atoms with Crippen LogP contribution in [0, 0.1) is 5.82 Å². The summed E-state index contributed by atoms with van der Waals surface area (Å²) in [5.74, 6) is -2.69. The molecule has 3 N–H and O–H groups in total. The summed E-state index contributed by atoms with van der Waals surface area (Å²) < 4.78 is 38.8. The molecule has 0 aromatic heterocycles. The minimum Gasteiger partial charge on any atom is -0.480 e. The lowest BCUT2D eigenvalue weighted by Crippen LogP contribution is -2.46. The van der Waals surface area contributed by atoms with Gasteiger partial charge in [0.15, 0.2) is 0 Å². The highest BCUT2D eigenvalue weighted by atomic mass is 32.2. The van der Waals surface area contributed by atoms with Gasteiger partial charge in [-0.05, 0) is 24.3 Å². The third kappa shape index (κ3) is 3.84. The topological polar surface area (TPSA) is 124 Å². The maximum Gasteiger partial charge on any atom is 0.322 e. The normalized spacial score (nSPS) is 22.0. The van der Waals surface area contributed by atoms with Crippen molar-refractivity contribution in [2.24, 2.45) is 0 Å². The summed E-state index contributed by atoms with van der Waals surface area (Å²) in [6, 6.07) is 2.83. The monoisotopic (exact) mass is 346 g/mol. The van der Waals surface area contributed by atoms with Crippen molar-refractivity contribution in [3.05, 3.63) is 30.1 Å². The first kappa shape index (κ1) is 17.3. The Morgan fingerprint density at radius 3 is 2.48 bits per heavy atom.